The second kappa shape index (κ2) is 5.38. The highest BCUT2D eigenvalue weighted by atomic mass is 32.2. The van der Waals surface area contributed by atoms with Crippen molar-refractivity contribution < 1.29 is 4.79 Å². The molecule has 0 bridgehead atoms. The maximum Gasteiger partial charge on any atom is 0.231 e. The van der Waals surface area contributed by atoms with E-state index in [2.05, 4.69) is 25.4 Å². The summed E-state index contributed by atoms with van der Waals surface area (Å²) in [4.78, 5) is 11.5. The molecule has 2 N–H and O–H groups in total. The second-order valence-electron chi connectivity index (χ2n) is 3.15. The SMILES string of the molecule is O=C(CC1CSCCN1)Nc1nnns1. The molecule has 1 amide bonds. The third kappa shape index (κ3) is 3.40. The van der Waals surface area contributed by atoms with Crippen molar-refractivity contribution in [3.63, 3.8) is 0 Å². The van der Waals surface area contributed by atoms with Crippen LogP contribution in [0.5, 0.6) is 0 Å². The zero-order valence-electron chi connectivity index (χ0n) is 7.97. The number of carbonyl (C=O) groups excluding carboxylic acids is 1. The fourth-order valence-corrected chi connectivity index (χ4v) is 2.66. The first-order valence-electron chi connectivity index (χ1n) is 4.60. The number of amides is 1. The highest BCUT2D eigenvalue weighted by Crippen LogP contribution is 2.11. The van der Waals surface area contributed by atoms with E-state index in [4.69, 9.17) is 0 Å². The summed E-state index contributed by atoms with van der Waals surface area (Å²) in [5, 5.41) is 13.5. The summed E-state index contributed by atoms with van der Waals surface area (Å²) in [6, 6.07) is 0.268. The summed E-state index contributed by atoms with van der Waals surface area (Å²) in [5.74, 6) is 2.08. The molecule has 1 aliphatic rings. The molecule has 1 atom stereocenters. The van der Waals surface area contributed by atoms with E-state index in [1.54, 1.807) is 0 Å². The van der Waals surface area contributed by atoms with Gasteiger partial charge in [0.25, 0.3) is 0 Å². The van der Waals surface area contributed by atoms with Gasteiger partial charge in [-0.05, 0) is 5.21 Å². The van der Waals surface area contributed by atoms with Crippen molar-refractivity contribution in [2.24, 2.45) is 0 Å². The van der Waals surface area contributed by atoms with E-state index >= 15 is 0 Å². The maximum absolute atomic E-state index is 11.5. The van der Waals surface area contributed by atoms with Gasteiger partial charge in [-0.3, -0.25) is 10.1 Å². The molecule has 1 aliphatic heterocycles. The average Bonchev–Trinajstić information content (AvgIpc) is 2.71. The van der Waals surface area contributed by atoms with Gasteiger partial charge >= 0.3 is 0 Å². The first kappa shape index (κ1) is 10.8. The molecule has 0 radical (unpaired) electrons. The molecule has 1 unspecified atom stereocenters. The Balaban J connectivity index is 1.76. The predicted octanol–water partition coefficient (Wildman–Crippen LogP) is -0.0333. The number of hydrogen-bond acceptors (Lipinski definition) is 7. The van der Waals surface area contributed by atoms with Gasteiger partial charge in [0.05, 0.1) is 0 Å². The Bertz CT molecular complexity index is 311. The molecule has 0 saturated carbocycles. The van der Waals surface area contributed by atoms with E-state index < -0.39 is 0 Å². The van der Waals surface area contributed by atoms with Crippen LogP contribution in [0.4, 0.5) is 5.13 Å². The van der Waals surface area contributed by atoms with Crippen LogP contribution in [-0.4, -0.2) is 44.8 Å². The average molecular weight is 245 g/mol. The van der Waals surface area contributed by atoms with Crippen LogP contribution in [0.3, 0.4) is 0 Å². The Labute approximate surface area is 95.4 Å². The summed E-state index contributed by atoms with van der Waals surface area (Å²) in [5.41, 5.74) is 0. The third-order valence-electron chi connectivity index (χ3n) is 1.98. The van der Waals surface area contributed by atoms with Crippen molar-refractivity contribution in [2.75, 3.05) is 23.4 Å². The normalized spacial score (nSPS) is 21.2. The Morgan fingerprint density at radius 2 is 2.60 bits per heavy atom. The van der Waals surface area contributed by atoms with Crippen molar-refractivity contribution in [1.82, 2.24) is 20.1 Å². The minimum Gasteiger partial charge on any atom is -0.312 e. The predicted molar refractivity (Wildman–Crippen MR) is 60.1 cm³/mol. The van der Waals surface area contributed by atoms with E-state index in [9.17, 15) is 4.79 Å². The fraction of sp³-hybridized carbons (Fsp3) is 0.714. The smallest absolute Gasteiger partial charge is 0.231 e. The number of anilines is 1. The van der Waals surface area contributed by atoms with Gasteiger partial charge in [0, 0.05) is 42.0 Å². The van der Waals surface area contributed by atoms with Gasteiger partial charge in [0.1, 0.15) is 0 Å². The van der Waals surface area contributed by atoms with E-state index in [1.807, 2.05) is 11.8 Å². The van der Waals surface area contributed by atoms with Gasteiger partial charge in [-0.2, -0.15) is 11.8 Å². The van der Waals surface area contributed by atoms with E-state index in [0.717, 1.165) is 29.6 Å². The number of hydrogen-bond donors (Lipinski definition) is 2. The lowest BCUT2D eigenvalue weighted by Gasteiger charge is -2.22. The van der Waals surface area contributed by atoms with Crippen molar-refractivity contribution in [1.29, 1.82) is 0 Å². The van der Waals surface area contributed by atoms with Crippen LogP contribution < -0.4 is 10.6 Å². The zero-order valence-corrected chi connectivity index (χ0v) is 9.61. The Hall–Kier alpha value is -0.730. The molecule has 2 heterocycles. The van der Waals surface area contributed by atoms with Gasteiger partial charge in [-0.25, -0.2) is 0 Å². The zero-order chi connectivity index (χ0) is 10.5. The first-order valence-corrected chi connectivity index (χ1v) is 6.53. The van der Waals surface area contributed by atoms with Crippen molar-refractivity contribution in [3.05, 3.63) is 0 Å². The van der Waals surface area contributed by atoms with Gasteiger partial charge in [0.15, 0.2) is 0 Å². The summed E-state index contributed by atoms with van der Waals surface area (Å²) < 4.78 is 3.57. The molecule has 1 aromatic heterocycles. The van der Waals surface area contributed by atoms with Crippen LogP contribution >= 0.6 is 23.3 Å². The molecular formula is C7H11N5OS2. The first-order chi connectivity index (χ1) is 7.34. The van der Waals surface area contributed by atoms with Crippen LogP contribution in [0.2, 0.25) is 0 Å². The monoisotopic (exact) mass is 245 g/mol. The number of thioether (sulfide) groups is 1. The molecule has 0 aromatic carbocycles. The van der Waals surface area contributed by atoms with Gasteiger partial charge in [-0.1, -0.05) is 9.59 Å². The van der Waals surface area contributed by atoms with Crippen molar-refractivity contribution in [2.45, 2.75) is 12.5 Å². The lowest BCUT2D eigenvalue weighted by atomic mass is 10.2. The Kier molecular flexibility index (Phi) is 3.87. The molecule has 0 spiro atoms. The second-order valence-corrected chi connectivity index (χ2v) is 5.03. The number of aromatic nitrogens is 3. The number of nitrogens with one attached hydrogen (secondary N) is 2. The van der Waals surface area contributed by atoms with E-state index in [0.29, 0.717) is 11.6 Å². The van der Waals surface area contributed by atoms with Gasteiger partial charge < -0.3 is 5.32 Å². The van der Waals surface area contributed by atoms with Crippen LogP contribution in [-0.2, 0) is 4.79 Å². The topological polar surface area (TPSA) is 79.8 Å². The van der Waals surface area contributed by atoms with Crippen LogP contribution in [0.25, 0.3) is 0 Å². The molecule has 15 heavy (non-hydrogen) atoms. The number of rotatable bonds is 3. The maximum atomic E-state index is 11.5. The van der Waals surface area contributed by atoms with E-state index in [1.165, 1.54) is 0 Å². The third-order valence-corrected chi connectivity index (χ3v) is 3.62. The van der Waals surface area contributed by atoms with Crippen molar-refractivity contribution >= 4 is 34.3 Å². The largest absolute Gasteiger partial charge is 0.312 e. The highest BCUT2D eigenvalue weighted by Gasteiger charge is 2.17. The molecular weight excluding hydrogens is 234 g/mol. The number of carbonyl (C=O) groups is 1. The van der Waals surface area contributed by atoms with Crippen LogP contribution in [0, 0.1) is 0 Å². The molecule has 2 rings (SSSR count). The molecule has 1 saturated heterocycles. The van der Waals surface area contributed by atoms with Crippen molar-refractivity contribution in [3.8, 4) is 0 Å². The standard InChI is InChI=1S/C7H11N5OS2/c13-6(9-7-10-11-12-15-7)3-5-4-14-2-1-8-5/h5,8H,1-4H2,(H,9,10,12,13). The molecule has 1 aromatic rings. The molecule has 0 aliphatic carbocycles. The minimum absolute atomic E-state index is 0.0337. The fourth-order valence-electron chi connectivity index (χ4n) is 1.33. The van der Waals surface area contributed by atoms with E-state index in [-0.39, 0.29) is 11.9 Å². The minimum atomic E-state index is -0.0337. The lowest BCUT2D eigenvalue weighted by molar-refractivity contribution is -0.116. The van der Waals surface area contributed by atoms with Gasteiger partial charge in [-0.15, -0.1) is 0 Å². The molecule has 6 nitrogen and oxygen atoms in total. The molecule has 1 fully saturated rings. The summed E-state index contributed by atoms with van der Waals surface area (Å²) in [6.07, 6.45) is 0.479. The molecule has 8 heteroatoms. The molecule has 82 valence electrons. The Morgan fingerprint density at radius 1 is 1.67 bits per heavy atom. The van der Waals surface area contributed by atoms with Crippen LogP contribution in [0.15, 0.2) is 0 Å². The summed E-state index contributed by atoms with van der Waals surface area (Å²) in [7, 11) is 0. The number of nitrogens with zero attached hydrogens (tertiary/aromatic N) is 3. The quantitative estimate of drug-likeness (QED) is 0.778. The Morgan fingerprint density at radius 3 is 3.27 bits per heavy atom. The lowest BCUT2D eigenvalue weighted by Crippen LogP contribution is -2.39. The van der Waals surface area contributed by atoms with Crippen LogP contribution in [0.1, 0.15) is 6.42 Å². The summed E-state index contributed by atoms with van der Waals surface area (Å²) in [6.45, 7) is 0.975. The highest BCUT2D eigenvalue weighted by molar-refractivity contribution is 7.99. The van der Waals surface area contributed by atoms with Gasteiger partial charge in [0.2, 0.25) is 11.0 Å². The summed E-state index contributed by atoms with van der Waals surface area (Å²) >= 11 is 2.96.